The van der Waals surface area contributed by atoms with Crippen LogP contribution >= 0.6 is 23.7 Å². The Bertz CT molecular complexity index is 336. The normalized spacial score (nSPS) is 9.00. The van der Waals surface area contributed by atoms with E-state index in [-0.39, 0.29) is 18.2 Å². The van der Waals surface area contributed by atoms with Crippen molar-refractivity contribution in [3.8, 4) is 0 Å². The molecule has 0 aliphatic rings. The Morgan fingerprint density at radius 2 is 2.36 bits per heavy atom. The molecule has 0 aliphatic carbocycles. The summed E-state index contributed by atoms with van der Waals surface area (Å²) in [6.45, 7) is 7.65. The molecule has 0 unspecified atom stereocenters. The summed E-state index contributed by atoms with van der Waals surface area (Å²) >= 11 is 1.39. The van der Waals surface area contributed by atoms with Gasteiger partial charge in [-0.2, -0.15) is 0 Å². The number of anilines is 1. The van der Waals surface area contributed by atoms with Crippen LogP contribution in [0.3, 0.4) is 0 Å². The first-order chi connectivity index (χ1) is 6.15. The maximum absolute atomic E-state index is 11.1. The number of thiazole rings is 1. The predicted molar refractivity (Wildman–Crippen MR) is 62.8 cm³/mol. The second kappa shape index (κ2) is 5.78. The molecule has 0 aromatic carbocycles. The van der Waals surface area contributed by atoms with Gasteiger partial charge in [-0.3, -0.25) is 4.79 Å². The van der Waals surface area contributed by atoms with Crippen LogP contribution in [0.5, 0.6) is 0 Å². The zero-order valence-corrected chi connectivity index (χ0v) is 9.80. The number of rotatable bonds is 4. The molecule has 0 fully saturated rings. The number of hydrogen-bond acceptors (Lipinski definition) is 4. The predicted octanol–water partition coefficient (Wildman–Crippen LogP) is 2.67. The molecule has 0 radical (unpaired) electrons. The van der Waals surface area contributed by atoms with Gasteiger partial charge in [0, 0.05) is 13.5 Å². The quantitative estimate of drug-likeness (QED) is 0.641. The van der Waals surface area contributed by atoms with E-state index in [0.717, 1.165) is 15.7 Å². The molecule has 14 heavy (non-hydrogen) atoms. The van der Waals surface area contributed by atoms with Crippen LogP contribution in [-0.4, -0.2) is 17.3 Å². The lowest BCUT2D eigenvalue weighted by Crippen LogP contribution is -1.96. The number of ketones is 1. The van der Waals surface area contributed by atoms with Crippen LogP contribution in [0.25, 0.3) is 0 Å². The maximum atomic E-state index is 11.1. The van der Waals surface area contributed by atoms with Crippen LogP contribution in [0.4, 0.5) is 5.13 Å². The van der Waals surface area contributed by atoms with Crippen molar-refractivity contribution in [2.75, 3.05) is 11.9 Å². The molecule has 3 nitrogen and oxygen atoms in total. The van der Waals surface area contributed by atoms with Gasteiger partial charge in [0.15, 0.2) is 10.9 Å². The third kappa shape index (κ3) is 3.12. The Hall–Kier alpha value is -0.870. The molecule has 0 spiro atoms. The van der Waals surface area contributed by atoms with E-state index in [1.54, 1.807) is 13.0 Å². The largest absolute Gasteiger partial charge is 0.358 e. The van der Waals surface area contributed by atoms with E-state index >= 15 is 0 Å². The molecular formula is C9H13ClN2OS. The molecule has 0 amide bonds. The molecule has 1 rings (SSSR count). The van der Waals surface area contributed by atoms with Crippen LogP contribution in [-0.2, 0) is 0 Å². The summed E-state index contributed by atoms with van der Waals surface area (Å²) in [5.74, 6) is 0.0710. The Kier molecular flexibility index (Phi) is 5.42. The maximum Gasteiger partial charge on any atom is 0.183 e. The van der Waals surface area contributed by atoms with Gasteiger partial charge in [-0.25, -0.2) is 4.98 Å². The second-order valence-electron chi connectivity index (χ2n) is 2.66. The monoisotopic (exact) mass is 232 g/mol. The van der Waals surface area contributed by atoms with Crippen LogP contribution in [0.1, 0.15) is 22.3 Å². The third-order valence-electron chi connectivity index (χ3n) is 1.51. The van der Waals surface area contributed by atoms with Gasteiger partial charge < -0.3 is 5.32 Å². The highest BCUT2D eigenvalue weighted by Gasteiger charge is 2.10. The van der Waals surface area contributed by atoms with Gasteiger partial charge in [0.1, 0.15) is 0 Å². The van der Waals surface area contributed by atoms with E-state index < -0.39 is 0 Å². The van der Waals surface area contributed by atoms with Gasteiger partial charge in [-0.05, 0) is 6.92 Å². The van der Waals surface area contributed by atoms with Crippen LogP contribution in [0, 0.1) is 6.92 Å². The zero-order valence-electron chi connectivity index (χ0n) is 8.16. The lowest BCUT2D eigenvalue weighted by atomic mass is 10.3. The summed E-state index contributed by atoms with van der Waals surface area (Å²) in [6.07, 6.45) is 1.75. The lowest BCUT2D eigenvalue weighted by Gasteiger charge is -1.93. The van der Waals surface area contributed by atoms with Crippen molar-refractivity contribution >= 4 is 34.7 Å². The number of hydrogen-bond donors (Lipinski definition) is 1. The van der Waals surface area contributed by atoms with Crippen LogP contribution in [0.15, 0.2) is 12.7 Å². The van der Waals surface area contributed by atoms with E-state index in [4.69, 9.17) is 0 Å². The minimum absolute atomic E-state index is 0. The fourth-order valence-electron chi connectivity index (χ4n) is 0.958. The number of aromatic nitrogens is 1. The number of aryl methyl sites for hydroxylation is 1. The fraction of sp³-hybridized carbons (Fsp3) is 0.333. The summed E-state index contributed by atoms with van der Waals surface area (Å²) in [7, 11) is 0. The lowest BCUT2D eigenvalue weighted by molar-refractivity contribution is 0.102. The molecule has 0 saturated carbocycles. The molecule has 0 saturated heterocycles. The number of carbonyl (C=O) groups is 1. The van der Waals surface area contributed by atoms with Crippen molar-refractivity contribution in [1.29, 1.82) is 0 Å². The first-order valence-electron chi connectivity index (χ1n) is 3.98. The summed E-state index contributed by atoms with van der Waals surface area (Å²) in [5, 5.41) is 3.83. The Labute approximate surface area is 93.7 Å². The van der Waals surface area contributed by atoms with Crippen LogP contribution in [0.2, 0.25) is 0 Å². The highest BCUT2D eigenvalue weighted by atomic mass is 35.5. The molecule has 1 heterocycles. The molecule has 1 aromatic rings. The molecule has 0 atom stereocenters. The summed E-state index contributed by atoms with van der Waals surface area (Å²) in [5.41, 5.74) is 0.795. The second-order valence-corrected chi connectivity index (χ2v) is 3.66. The third-order valence-corrected chi connectivity index (χ3v) is 2.73. The van der Waals surface area contributed by atoms with Crippen molar-refractivity contribution in [2.24, 2.45) is 0 Å². The van der Waals surface area contributed by atoms with Gasteiger partial charge >= 0.3 is 0 Å². The average molecular weight is 233 g/mol. The molecule has 1 aromatic heterocycles. The SMILES string of the molecule is C=CCNc1nc(C)c(C(C)=O)s1.Cl. The first-order valence-corrected chi connectivity index (χ1v) is 4.80. The van der Waals surface area contributed by atoms with Crippen molar-refractivity contribution in [1.82, 2.24) is 4.98 Å². The van der Waals surface area contributed by atoms with Gasteiger partial charge in [-0.15, -0.1) is 19.0 Å². The highest BCUT2D eigenvalue weighted by Crippen LogP contribution is 2.22. The zero-order chi connectivity index (χ0) is 9.84. The number of nitrogens with zero attached hydrogens (tertiary/aromatic N) is 1. The van der Waals surface area contributed by atoms with Crippen molar-refractivity contribution < 1.29 is 4.79 Å². The molecular weight excluding hydrogens is 220 g/mol. The number of nitrogens with one attached hydrogen (secondary N) is 1. The van der Waals surface area contributed by atoms with Gasteiger partial charge in [0.25, 0.3) is 0 Å². The number of halogens is 1. The Morgan fingerprint density at radius 1 is 1.71 bits per heavy atom. The minimum Gasteiger partial charge on any atom is -0.358 e. The van der Waals surface area contributed by atoms with Gasteiger partial charge in [0.05, 0.1) is 10.6 Å². The number of Topliss-reactive ketones (excluding diaryl/α,β-unsaturated/α-hetero) is 1. The first kappa shape index (κ1) is 13.1. The van der Waals surface area contributed by atoms with Crippen molar-refractivity contribution in [2.45, 2.75) is 13.8 Å². The smallest absolute Gasteiger partial charge is 0.183 e. The van der Waals surface area contributed by atoms with E-state index in [1.165, 1.54) is 11.3 Å². The van der Waals surface area contributed by atoms with Crippen molar-refractivity contribution in [3.63, 3.8) is 0 Å². The number of carbonyl (C=O) groups excluding carboxylic acids is 1. The molecule has 0 bridgehead atoms. The Balaban J connectivity index is 0.00000169. The molecule has 78 valence electrons. The van der Waals surface area contributed by atoms with E-state index in [9.17, 15) is 4.79 Å². The standard InChI is InChI=1S/C9H12N2OS.ClH/c1-4-5-10-9-11-6(2)8(13-9)7(3)12;/h4H,1,5H2,2-3H3,(H,10,11);1H. The fourth-order valence-corrected chi connectivity index (χ4v) is 1.83. The topological polar surface area (TPSA) is 42.0 Å². The Morgan fingerprint density at radius 3 is 2.79 bits per heavy atom. The van der Waals surface area contributed by atoms with Crippen molar-refractivity contribution in [3.05, 3.63) is 23.2 Å². The highest BCUT2D eigenvalue weighted by molar-refractivity contribution is 7.17. The van der Waals surface area contributed by atoms with E-state index in [0.29, 0.717) is 6.54 Å². The molecule has 1 N–H and O–H groups in total. The molecule has 0 aliphatic heterocycles. The van der Waals surface area contributed by atoms with E-state index in [1.807, 2.05) is 6.92 Å². The van der Waals surface area contributed by atoms with Gasteiger partial charge in [-0.1, -0.05) is 17.4 Å². The summed E-state index contributed by atoms with van der Waals surface area (Å²) < 4.78 is 0. The van der Waals surface area contributed by atoms with Crippen LogP contribution < -0.4 is 5.32 Å². The van der Waals surface area contributed by atoms with E-state index in [2.05, 4.69) is 16.9 Å². The minimum atomic E-state index is 0. The average Bonchev–Trinajstić information content (AvgIpc) is 2.43. The summed E-state index contributed by atoms with van der Waals surface area (Å²) in [6, 6.07) is 0. The van der Waals surface area contributed by atoms with Gasteiger partial charge in [0.2, 0.25) is 0 Å². The summed E-state index contributed by atoms with van der Waals surface area (Å²) in [4.78, 5) is 16.0. The molecule has 5 heteroatoms.